The fraction of sp³-hybridized carbons (Fsp3) is 0.889. The summed E-state index contributed by atoms with van der Waals surface area (Å²) < 4.78 is 9.64. The Bertz CT molecular complexity index is 145. The van der Waals surface area contributed by atoms with Gasteiger partial charge in [-0.2, -0.15) is 0 Å². The molecule has 1 atom stereocenters. The Balaban J connectivity index is 4.13. The second-order valence-corrected chi connectivity index (χ2v) is 3.15. The van der Waals surface area contributed by atoms with E-state index in [9.17, 15) is 4.79 Å². The van der Waals surface area contributed by atoms with Gasteiger partial charge in [0.1, 0.15) is 0 Å². The molecule has 3 nitrogen and oxygen atoms in total. The van der Waals surface area contributed by atoms with Gasteiger partial charge in [0.05, 0.1) is 12.5 Å². The molecule has 0 aromatic rings. The summed E-state index contributed by atoms with van der Waals surface area (Å²) in [4.78, 5) is 11.3. The number of hydrogen-bond donors (Lipinski definition) is 0. The van der Waals surface area contributed by atoms with Crippen molar-refractivity contribution in [1.82, 2.24) is 0 Å². The Morgan fingerprint density at radius 2 is 2.00 bits per heavy atom. The zero-order valence-corrected chi connectivity index (χ0v) is 8.35. The summed E-state index contributed by atoms with van der Waals surface area (Å²) in [6, 6.07) is 0. The summed E-state index contributed by atoms with van der Waals surface area (Å²) in [5.74, 6) is -0.151. The maximum atomic E-state index is 11.3. The van der Waals surface area contributed by atoms with Gasteiger partial charge in [0.2, 0.25) is 0 Å². The highest BCUT2D eigenvalue weighted by atomic mass is 16.5. The standard InChI is InChI=1S/C9H18O3/c1-5-9(2,6-7-11-3)8(10)12-4/h5-7H2,1-4H3. The lowest BCUT2D eigenvalue weighted by molar-refractivity contribution is -0.153. The molecule has 12 heavy (non-hydrogen) atoms. The van der Waals surface area contributed by atoms with Gasteiger partial charge < -0.3 is 9.47 Å². The molecule has 3 heteroatoms. The van der Waals surface area contributed by atoms with Gasteiger partial charge in [-0.3, -0.25) is 4.79 Å². The predicted octanol–water partition coefficient (Wildman–Crippen LogP) is 1.61. The summed E-state index contributed by atoms with van der Waals surface area (Å²) in [6.45, 7) is 4.48. The van der Waals surface area contributed by atoms with Gasteiger partial charge >= 0.3 is 5.97 Å². The lowest BCUT2D eigenvalue weighted by Crippen LogP contribution is -2.29. The molecule has 0 heterocycles. The Morgan fingerprint density at radius 1 is 1.42 bits per heavy atom. The van der Waals surface area contributed by atoms with E-state index in [-0.39, 0.29) is 11.4 Å². The third-order valence-corrected chi connectivity index (χ3v) is 2.32. The summed E-state index contributed by atoms with van der Waals surface area (Å²) in [6.07, 6.45) is 1.50. The van der Waals surface area contributed by atoms with Crippen LogP contribution in [0.25, 0.3) is 0 Å². The van der Waals surface area contributed by atoms with Crippen LogP contribution >= 0.6 is 0 Å². The molecule has 0 saturated heterocycles. The molecule has 0 spiro atoms. The predicted molar refractivity (Wildman–Crippen MR) is 46.9 cm³/mol. The zero-order valence-electron chi connectivity index (χ0n) is 8.35. The molecule has 1 unspecified atom stereocenters. The van der Waals surface area contributed by atoms with Gasteiger partial charge in [0.15, 0.2) is 0 Å². The molecule has 0 rings (SSSR count). The van der Waals surface area contributed by atoms with Gasteiger partial charge in [-0.15, -0.1) is 0 Å². The minimum Gasteiger partial charge on any atom is -0.469 e. The number of hydrogen-bond acceptors (Lipinski definition) is 3. The van der Waals surface area contributed by atoms with Gasteiger partial charge in [0.25, 0.3) is 0 Å². The third-order valence-electron chi connectivity index (χ3n) is 2.32. The Labute approximate surface area is 74.0 Å². The fourth-order valence-electron chi connectivity index (χ4n) is 0.997. The average Bonchev–Trinajstić information content (AvgIpc) is 2.12. The smallest absolute Gasteiger partial charge is 0.311 e. The van der Waals surface area contributed by atoms with E-state index in [1.165, 1.54) is 7.11 Å². The number of carbonyl (C=O) groups is 1. The number of methoxy groups -OCH3 is 2. The van der Waals surface area contributed by atoms with Crippen LogP contribution in [-0.4, -0.2) is 26.8 Å². The summed E-state index contributed by atoms with van der Waals surface area (Å²) in [5, 5.41) is 0. The van der Waals surface area contributed by atoms with Crippen LogP contribution in [0.15, 0.2) is 0 Å². The van der Waals surface area contributed by atoms with E-state index >= 15 is 0 Å². The zero-order chi connectivity index (χ0) is 9.61. The monoisotopic (exact) mass is 174 g/mol. The molecular formula is C9H18O3. The lowest BCUT2D eigenvalue weighted by atomic mass is 9.84. The Morgan fingerprint density at radius 3 is 2.33 bits per heavy atom. The molecule has 0 aliphatic heterocycles. The SMILES string of the molecule is CCC(C)(CCOC)C(=O)OC. The van der Waals surface area contributed by atoms with Crippen LogP contribution in [0.1, 0.15) is 26.7 Å². The molecule has 0 N–H and O–H groups in total. The van der Waals surface area contributed by atoms with Crippen LogP contribution in [0.5, 0.6) is 0 Å². The molecule has 0 fully saturated rings. The van der Waals surface area contributed by atoms with E-state index in [1.807, 2.05) is 13.8 Å². The van der Waals surface area contributed by atoms with Gasteiger partial charge in [-0.25, -0.2) is 0 Å². The topological polar surface area (TPSA) is 35.5 Å². The first-order chi connectivity index (χ1) is 5.60. The van der Waals surface area contributed by atoms with E-state index in [0.29, 0.717) is 13.0 Å². The van der Waals surface area contributed by atoms with Crippen molar-refractivity contribution >= 4 is 5.97 Å². The first kappa shape index (κ1) is 11.4. The molecule has 0 saturated carbocycles. The first-order valence-corrected chi connectivity index (χ1v) is 4.18. The van der Waals surface area contributed by atoms with Crippen LogP contribution in [0.3, 0.4) is 0 Å². The second-order valence-electron chi connectivity index (χ2n) is 3.15. The number of rotatable bonds is 5. The molecule has 0 bridgehead atoms. The summed E-state index contributed by atoms with van der Waals surface area (Å²) in [5.41, 5.74) is -0.384. The highest BCUT2D eigenvalue weighted by Gasteiger charge is 2.31. The molecule has 0 aromatic heterocycles. The average molecular weight is 174 g/mol. The minimum atomic E-state index is -0.384. The van der Waals surface area contributed by atoms with Crippen molar-refractivity contribution in [3.63, 3.8) is 0 Å². The van der Waals surface area contributed by atoms with Crippen molar-refractivity contribution in [1.29, 1.82) is 0 Å². The summed E-state index contributed by atoms with van der Waals surface area (Å²) in [7, 11) is 3.05. The maximum Gasteiger partial charge on any atom is 0.311 e. The largest absolute Gasteiger partial charge is 0.469 e. The summed E-state index contributed by atoms with van der Waals surface area (Å²) >= 11 is 0. The molecule has 0 aromatic carbocycles. The van der Waals surface area contributed by atoms with E-state index in [2.05, 4.69) is 0 Å². The van der Waals surface area contributed by atoms with E-state index in [0.717, 1.165) is 6.42 Å². The van der Waals surface area contributed by atoms with Crippen molar-refractivity contribution < 1.29 is 14.3 Å². The van der Waals surface area contributed by atoms with Crippen molar-refractivity contribution in [2.45, 2.75) is 26.7 Å². The fourth-order valence-corrected chi connectivity index (χ4v) is 0.997. The third kappa shape index (κ3) is 2.81. The molecule has 0 aliphatic rings. The van der Waals surface area contributed by atoms with Gasteiger partial charge in [-0.1, -0.05) is 6.92 Å². The molecule has 0 aliphatic carbocycles. The highest BCUT2D eigenvalue weighted by Crippen LogP contribution is 2.26. The van der Waals surface area contributed by atoms with Crippen molar-refractivity contribution in [2.75, 3.05) is 20.8 Å². The highest BCUT2D eigenvalue weighted by molar-refractivity contribution is 5.76. The van der Waals surface area contributed by atoms with Crippen LogP contribution in [0.2, 0.25) is 0 Å². The maximum absolute atomic E-state index is 11.3. The molecule has 0 amide bonds. The number of esters is 1. The second kappa shape index (κ2) is 5.14. The normalized spacial score (nSPS) is 15.3. The van der Waals surface area contributed by atoms with Gasteiger partial charge in [0, 0.05) is 13.7 Å². The first-order valence-electron chi connectivity index (χ1n) is 4.18. The Hall–Kier alpha value is -0.570. The van der Waals surface area contributed by atoms with Crippen molar-refractivity contribution in [2.24, 2.45) is 5.41 Å². The van der Waals surface area contributed by atoms with E-state index < -0.39 is 0 Å². The van der Waals surface area contributed by atoms with Gasteiger partial charge in [-0.05, 0) is 19.8 Å². The van der Waals surface area contributed by atoms with E-state index in [1.54, 1.807) is 7.11 Å². The van der Waals surface area contributed by atoms with Crippen LogP contribution < -0.4 is 0 Å². The molecule has 0 radical (unpaired) electrons. The van der Waals surface area contributed by atoms with Crippen molar-refractivity contribution in [3.05, 3.63) is 0 Å². The quantitative estimate of drug-likeness (QED) is 0.594. The van der Waals surface area contributed by atoms with Crippen molar-refractivity contribution in [3.8, 4) is 0 Å². The lowest BCUT2D eigenvalue weighted by Gasteiger charge is -2.24. The van der Waals surface area contributed by atoms with E-state index in [4.69, 9.17) is 9.47 Å². The molecule has 72 valence electrons. The van der Waals surface area contributed by atoms with Crippen LogP contribution in [0.4, 0.5) is 0 Å². The minimum absolute atomic E-state index is 0.151. The van der Waals surface area contributed by atoms with Crippen LogP contribution in [0, 0.1) is 5.41 Å². The molecular weight excluding hydrogens is 156 g/mol. The number of ether oxygens (including phenoxy) is 2. The van der Waals surface area contributed by atoms with Crippen LogP contribution in [-0.2, 0) is 14.3 Å². The number of carbonyl (C=O) groups excluding carboxylic acids is 1. The Kier molecular flexibility index (Phi) is 4.90.